The topological polar surface area (TPSA) is 0 Å². The molecule has 2 fully saturated rings. The van der Waals surface area contributed by atoms with E-state index in [1.54, 1.807) is 14.8 Å². The fraction of sp³-hybridized carbons (Fsp3) is 0.286. The van der Waals surface area contributed by atoms with Gasteiger partial charge in [-0.3, -0.25) is 0 Å². The Hall–Kier alpha value is -2.82. The molecule has 2 saturated carbocycles. The van der Waals surface area contributed by atoms with Crippen molar-refractivity contribution in [2.75, 3.05) is 0 Å². The predicted octanol–water partition coefficient (Wildman–Crippen LogP) is 11.3. The highest BCUT2D eigenvalue weighted by Crippen LogP contribution is 2.58. The first kappa shape index (κ1) is 29.6. The molecular weight excluding hydrogens is 598 g/mol. The van der Waals surface area contributed by atoms with Crippen molar-refractivity contribution in [3.05, 3.63) is 127 Å². The standard InChI is InChI=1S/C42H43P2S/c1-5-18-33(19-6-1)43(34-20-7-2-8-21-34)39-27-15-16-28-41(39)45-40-30-29-32-17-13-14-26-37(32)38(40)31-42(45)44(35-22-9-3-10-23-35)36-24-11-4-12-25-36/h3-4,9-17,22-31,33-34H,1-2,5-8,18-21H2/q+1. The minimum atomic E-state index is -0.697. The molecule has 0 spiro atoms. The van der Waals surface area contributed by atoms with E-state index in [0.29, 0.717) is 0 Å². The van der Waals surface area contributed by atoms with E-state index in [9.17, 15) is 0 Å². The summed E-state index contributed by atoms with van der Waals surface area (Å²) in [5.41, 5.74) is 1.77. The maximum Gasteiger partial charge on any atom is 0.187 e. The summed E-state index contributed by atoms with van der Waals surface area (Å²) in [6.07, 6.45) is 14.3. The van der Waals surface area contributed by atoms with Gasteiger partial charge in [0.15, 0.2) is 14.2 Å². The Morgan fingerprint density at radius 2 is 1.04 bits per heavy atom. The van der Waals surface area contributed by atoms with Crippen molar-refractivity contribution in [3.8, 4) is 4.90 Å². The Bertz CT molecular complexity index is 1820. The second-order valence-corrected chi connectivity index (χ2v) is 20.1. The van der Waals surface area contributed by atoms with Crippen LogP contribution in [0, 0.1) is 0 Å². The molecule has 2 aliphatic carbocycles. The first-order chi connectivity index (χ1) is 22.4. The average molecular weight is 642 g/mol. The van der Waals surface area contributed by atoms with Crippen molar-refractivity contribution >= 4 is 67.7 Å². The zero-order valence-corrected chi connectivity index (χ0v) is 28.8. The van der Waals surface area contributed by atoms with Crippen LogP contribution in [0.4, 0.5) is 0 Å². The van der Waals surface area contributed by atoms with Gasteiger partial charge in [-0.05, 0) is 82.6 Å². The Morgan fingerprint density at radius 3 is 1.69 bits per heavy atom. The van der Waals surface area contributed by atoms with Crippen LogP contribution < -0.4 is 20.5 Å². The van der Waals surface area contributed by atoms with Gasteiger partial charge in [0.1, 0.15) is 0 Å². The first-order valence-electron chi connectivity index (χ1n) is 17.1. The molecule has 0 saturated heterocycles. The van der Waals surface area contributed by atoms with Crippen LogP contribution in [0.3, 0.4) is 0 Å². The van der Waals surface area contributed by atoms with Gasteiger partial charge in [-0.2, -0.15) is 0 Å². The summed E-state index contributed by atoms with van der Waals surface area (Å²) in [5.74, 6) is 0. The number of thiophene rings is 1. The molecular formula is C42H43P2S+. The van der Waals surface area contributed by atoms with Gasteiger partial charge in [-0.1, -0.05) is 144 Å². The van der Waals surface area contributed by atoms with Crippen LogP contribution >= 0.6 is 26.3 Å². The lowest BCUT2D eigenvalue weighted by Gasteiger charge is -2.38. The van der Waals surface area contributed by atoms with Gasteiger partial charge in [-0.25, -0.2) is 0 Å². The minimum Gasteiger partial charge on any atom is -0.0630 e. The smallest absolute Gasteiger partial charge is 0.0630 e. The summed E-state index contributed by atoms with van der Waals surface area (Å²) < 4.78 is 3.17. The van der Waals surface area contributed by atoms with Gasteiger partial charge in [0.05, 0.1) is 0 Å². The van der Waals surface area contributed by atoms with Crippen LogP contribution in [-0.4, -0.2) is 11.3 Å². The molecule has 1 atom stereocenters. The highest BCUT2D eigenvalue weighted by Gasteiger charge is 2.39. The fourth-order valence-corrected chi connectivity index (χ4v) is 18.5. The summed E-state index contributed by atoms with van der Waals surface area (Å²) in [5, 5.41) is 8.87. The lowest BCUT2D eigenvalue weighted by Crippen LogP contribution is -2.27. The third-order valence-corrected chi connectivity index (χ3v) is 19.3. The molecule has 0 amide bonds. The third-order valence-electron chi connectivity index (χ3n) is 10.2. The van der Waals surface area contributed by atoms with Crippen molar-refractivity contribution in [1.29, 1.82) is 0 Å². The molecule has 226 valence electrons. The van der Waals surface area contributed by atoms with Crippen molar-refractivity contribution in [1.82, 2.24) is 0 Å². The summed E-state index contributed by atoms with van der Waals surface area (Å²) in [7, 11) is -1.03. The number of hydrogen-bond acceptors (Lipinski definition) is 0. The van der Waals surface area contributed by atoms with E-state index in [1.807, 2.05) is 0 Å². The molecule has 1 unspecified atom stereocenters. The number of rotatable bonds is 7. The number of fused-ring (bicyclic) bond motifs is 3. The lowest BCUT2D eigenvalue weighted by molar-refractivity contribution is 0.487. The third kappa shape index (κ3) is 5.82. The van der Waals surface area contributed by atoms with E-state index in [1.165, 1.54) is 95.7 Å². The van der Waals surface area contributed by atoms with E-state index in [2.05, 4.69) is 127 Å². The molecule has 1 aromatic heterocycles. The molecule has 8 rings (SSSR count). The van der Waals surface area contributed by atoms with Crippen molar-refractivity contribution in [2.24, 2.45) is 0 Å². The largest absolute Gasteiger partial charge is 0.187 e. The van der Waals surface area contributed by atoms with Gasteiger partial charge in [-0.15, -0.1) is 0 Å². The van der Waals surface area contributed by atoms with Crippen LogP contribution in [0.25, 0.3) is 25.8 Å². The van der Waals surface area contributed by atoms with Gasteiger partial charge in [0.2, 0.25) is 0 Å². The van der Waals surface area contributed by atoms with Crippen LogP contribution in [-0.2, 0) is 0 Å². The van der Waals surface area contributed by atoms with Crippen molar-refractivity contribution in [2.45, 2.75) is 75.5 Å². The fourth-order valence-electron chi connectivity index (χ4n) is 8.10. The maximum absolute atomic E-state index is 2.65. The van der Waals surface area contributed by atoms with Crippen LogP contribution in [0.1, 0.15) is 64.2 Å². The summed E-state index contributed by atoms with van der Waals surface area (Å²) >= 11 is 0. The Labute approximate surface area is 274 Å². The van der Waals surface area contributed by atoms with E-state index in [-0.39, 0.29) is 18.4 Å². The maximum atomic E-state index is 2.65. The molecule has 5 aromatic carbocycles. The van der Waals surface area contributed by atoms with E-state index in [4.69, 9.17) is 0 Å². The zero-order chi connectivity index (χ0) is 30.0. The van der Waals surface area contributed by atoms with Gasteiger partial charge in [0, 0.05) is 35.1 Å². The van der Waals surface area contributed by atoms with Crippen LogP contribution in [0.2, 0.25) is 0 Å². The molecule has 0 N–H and O–H groups in total. The van der Waals surface area contributed by atoms with Crippen LogP contribution in [0.15, 0.2) is 127 Å². The number of benzene rings is 5. The quantitative estimate of drug-likeness (QED) is 0.120. The first-order valence-corrected chi connectivity index (χ1v) is 21.2. The predicted molar refractivity (Wildman–Crippen MR) is 204 cm³/mol. The zero-order valence-electron chi connectivity index (χ0n) is 26.2. The summed E-state index contributed by atoms with van der Waals surface area (Å²) in [6.45, 7) is 0. The molecule has 2 aliphatic rings. The van der Waals surface area contributed by atoms with Crippen molar-refractivity contribution < 1.29 is 0 Å². The molecule has 45 heavy (non-hydrogen) atoms. The van der Waals surface area contributed by atoms with Crippen molar-refractivity contribution in [3.63, 3.8) is 0 Å². The van der Waals surface area contributed by atoms with Gasteiger partial charge >= 0.3 is 0 Å². The minimum absolute atomic E-state index is 0.125. The summed E-state index contributed by atoms with van der Waals surface area (Å²) in [6, 6.07) is 49.3. The lowest BCUT2D eigenvalue weighted by atomic mass is 9.99. The molecule has 1 heterocycles. The molecule has 0 nitrogen and oxygen atoms in total. The Morgan fingerprint density at radius 1 is 0.489 bits per heavy atom. The second kappa shape index (κ2) is 13.5. The Kier molecular flexibility index (Phi) is 8.87. The highest BCUT2D eigenvalue weighted by atomic mass is 32.2. The summed E-state index contributed by atoms with van der Waals surface area (Å²) in [4.78, 5) is 1.64. The molecule has 0 aliphatic heterocycles. The number of hydrogen-bond donors (Lipinski definition) is 0. The van der Waals surface area contributed by atoms with E-state index in [0.717, 1.165) is 11.3 Å². The SMILES string of the molecule is c1ccc(P(c2ccccc2)c2cc3c4ccccc4ccc3[s+]2-c2ccccc2P(C2CCCCC2)C2CCCCC2)cc1. The van der Waals surface area contributed by atoms with Gasteiger partial charge in [0.25, 0.3) is 0 Å². The molecule has 0 bridgehead atoms. The Balaban J connectivity index is 1.41. The monoisotopic (exact) mass is 641 g/mol. The molecule has 3 heteroatoms. The highest BCUT2D eigenvalue weighted by molar-refractivity contribution is 7.87. The van der Waals surface area contributed by atoms with Gasteiger partial charge < -0.3 is 0 Å². The van der Waals surface area contributed by atoms with E-state index < -0.39 is 7.92 Å². The average Bonchev–Trinajstić information content (AvgIpc) is 3.50. The molecule has 6 aromatic rings. The molecule has 0 radical (unpaired) electrons. The normalized spacial score (nSPS) is 17.1. The van der Waals surface area contributed by atoms with Crippen LogP contribution in [0.5, 0.6) is 0 Å². The second-order valence-electron chi connectivity index (χ2n) is 13.0. The van der Waals surface area contributed by atoms with E-state index >= 15 is 0 Å².